The van der Waals surface area contributed by atoms with Crippen molar-refractivity contribution in [1.82, 2.24) is 0 Å². The number of fused-ring (bicyclic) bond motifs is 1. The highest BCUT2D eigenvalue weighted by Crippen LogP contribution is 2.35. The summed E-state index contributed by atoms with van der Waals surface area (Å²) in [6, 6.07) is 18.1. The third kappa shape index (κ3) is 5.70. The van der Waals surface area contributed by atoms with E-state index in [0.29, 0.717) is 29.7 Å². The topological polar surface area (TPSA) is 88.0 Å². The fourth-order valence-corrected chi connectivity index (χ4v) is 3.90. The maximum absolute atomic E-state index is 12.8. The second kappa shape index (κ2) is 11.0. The van der Waals surface area contributed by atoms with Gasteiger partial charge in [-0.25, -0.2) is 4.79 Å². The van der Waals surface area contributed by atoms with E-state index in [0.717, 1.165) is 10.3 Å². The van der Waals surface area contributed by atoms with E-state index in [4.69, 9.17) is 9.47 Å². The molecule has 0 bridgehead atoms. The third-order valence-corrected chi connectivity index (χ3v) is 5.69. The van der Waals surface area contributed by atoms with E-state index >= 15 is 0 Å². The summed E-state index contributed by atoms with van der Waals surface area (Å²) in [6.45, 7) is 2.14. The van der Waals surface area contributed by atoms with Gasteiger partial charge in [-0.3, -0.25) is 5.32 Å². The fourth-order valence-electron chi connectivity index (χ4n) is 3.49. The third-order valence-electron chi connectivity index (χ3n) is 4.94. The molecule has 0 radical (unpaired) electrons. The molecule has 0 aliphatic rings. The van der Waals surface area contributed by atoms with Gasteiger partial charge in [0.15, 0.2) is 6.10 Å². The number of amides is 1. The van der Waals surface area contributed by atoms with Crippen molar-refractivity contribution in [2.24, 2.45) is 0 Å². The van der Waals surface area contributed by atoms with Crippen molar-refractivity contribution in [3.63, 3.8) is 0 Å². The van der Waals surface area contributed by atoms with Crippen LogP contribution in [0.1, 0.15) is 25.0 Å². The van der Waals surface area contributed by atoms with E-state index in [-0.39, 0.29) is 12.4 Å². The molecule has 164 valence electrons. The van der Waals surface area contributed by atoms with Crippen LogP contribution in [0, 0.1) is 0 Å². The number of hydrogen-bond acceptors (Lipinski definition) is 6. The van der Waals surface area contributed by atoms with Gasteiger partial charge in [0.2, 0.25) is 0 Å². The Morgan fingerprint density at radius 1 is 1.06 bits per heavy atom. The number of anilines is 1. The molecule has 0 aliphatic heterocycles. The van der Waals surface area contributed by atoms with Gasteiger partial charge in [-0.05, 0) is 48.9 Å². The largest absolute Gasteiger partial charge is 0.507 e. The smallest absolute Gasteiger partial charge is 0.412 e. The average molecular weight is 442 g/mol. The SMILES string of the molecule is CCO[C@H](CCO)[C@H](OC(=O)Nc1ccc(SC)cc1)c1ccc(O)c2ccccc12. The van der Waals surface area contributed by atoms with Gasteiger partial charge < -0.3 is 19.7 Å². The van der Waals surface area contributed by atoms with Crippen LogP contribution >= 0.6 is 11.8 Å². The Labute approximate surface area is 186 Å². The Hall–Kier alpha value is -2.74. The lowest BCUT2D eigenvalue weighted by Crippen LogP contribution is -2.30. The average Bonchev–Trinajstić information content (AvgIpc) is 2.79. The summed E-state index contributed by atoms with van der Waals surface area (Å²) in [6.07, 6.45) is 0.333. The van der Waals surface area contributed by atoms with Crippen LogP contribution in [-0.2, 0) is 9.47 Å². The summed E-state index contributed by atoms with van der Waals surface area (Å²) in [5.41, 5.74) is 1.32. The van der Waals surface area contributed by atoms with Crippen LogP contribution in [0.15, 0.2) is 65.6 Å². The minimum atomic E-state index is -0.775. The quantitative estimate of drug-likeness (QED) is 0.388. The first kappa shape index (κ1) is 22.9. The number of phenolic OH excluding ortho intramolecular Hbond substituents is 1. The number of carbonyl (C=O) groups excluding carboxylic acids is 1. The molecule has 0 spiro atoms. The first-order chi connectivity index (χ1) is 15.1. The van der Waals surface area contributed by atoms with Gasteiger partial charge in [-0.1, -0.05) is 30.3 Å². The minimum absolute atomic E-state index is 0.113. The van der Waals surface area contributed by atoms with E-state index in [1.807, 2.05) is 55.6 Å². The molecule has 1 amide bonds. The summed E-state index contributed by atoms with van der Waals surface area (Å²) < 4.78 is 11.7. The molecule has 7 heteroatoms. The van der Waals surface area contributed by atoms with Crippen molar-refractivity contribution in [3.8, 4) is 5.75 Å². The van der Waals surface area contributed by atoms with Crippen molar-refractivity contribution in [2.75, 3.05) is 24.8 Å². The summed E-state index contributed by atoms with van der Waals surface area (Å²) in [4.78, 5) is 13.9. The second-order valence-corrected chi connectivity index (χ2v) is 7.78. The van der Waals surface area contributed by atoms with Gasteiger partial charge >= 0.3 is 6.09 Å². The van der Waals surface area contributed by atoms with Gasteiger partial charge in [0.1, 0.15) is 11.9 Å². The predicted molar refractivity (Wildman–Crippen MR) is 124 cm³/mol. The number of hydrogen-bond donors (Lipinski definition) is 3. The zero-order chi connectivity index (χ0) is 22.2. The normalized spacial score (nSPS) is 13.0. The van der Waals surface area contributed by atoms with Crippen LogP contribution in [0.2, 0.25) is 0 Å². The molecule has 3 N–H and O–H groups in total. The molecule has 0 saturated heterocycles. The molecule has 0 saturated carbocycles. The van der Waals surface area contributed by atoms with Crippen LogP contribution in [0.25, 0.3) is 10.8 Å². The number of aromatic hydroxyl groups is 1. The van der Waals surface area contributed by atoms with Gasteiger partial charge in [-0.15, -0.1) is 11.8 Å². The van der Waals surface area contributed by atoms with Gasteiger partial charge in [0.05, 0.1) is 0 Å². The highest BCUT2D eigenvalue weighted by atomic mass is 32.2. The number of nitrogens with one attached hydrogen (secondary N) is 1. The van der Waals surface area contributed by atoms with Crippen LogP contribution in [0.5, 0.6) is 5.75 Å². The second-order valence-electron chi connectivity index (χ2n) is 6.90. The molecule has 2 atom stereocenters. The number of carbonyl (C=O) groups is 1. The highest BCUT2D eigenvalue weighted by molar-refractivity contribution is 7.98. The Kier molecular flexibility index (Phi) is 8.17. The van der Waals surface area contributed by atoms with E-state index in [1.165, 1.54) is 0 Å². The lowest BCUT2D eigenvalue weighted by atomic mass is 9.95. The van der Waals surface area contributed by atoms with E-state index in [9.17, 15) is 15.0 Å². The summed E-state index contributed by atoms with van der Waals surface area (Å²) in [5.74, 6) is 0.145. The Morgan fingerprint density at radius 2 is 1.77 bits per heavy atom. The summed E-state index contributed by atoms with van der Waals surface area (Å²) in [7, 11) is 0. The Balaban J connectivity index is 1.93. The molecule has 0 heterocycles. The van der Waals surface area contributed by atoms with Gasteiger partial charge in [0.25, 0.3) is 0 Å². The minimum Gasteiger partial charge on any atom is -0.507 e. The number of rotatable bonds is 9. The Morgan fingerprint density at radius 3 is 2.42 bits per heavy atom. The van der Waals surface area contributed by atoms with Crippen LogP contribution < -0.4 is 5.32 Å². The van der Waals surface area contributed by atoms with Crippen molar-refractivity contribution >= 4 is 34.3 Å². The molecule has 0 unspecified atom stereocenters. The number of ether oxygens (including phenoxy) is 2. The molecular formula is C24H27NO5S. The summed E-state index contributed by atoms with van der Waals surface area (Å²) >= 11 is 1.62. The number of aliphatic hydroxyl groups is 1. The van der Waals surface area contributed by atoms with Crippen molar-refractivity contribution in [1.29, 1.82) is 0 Å². The molecule has 3 aromatic rings. The fraction of sp³-hybridized carbons (Fsp3) is 0.292. The number of aliphatic hydroxyl groups excluding tert-OH is 1. The van der Waals surface area contributed by atoms with Crippen molar-refractivity contribution in [2.45, 2.75) is 30.4 Å². The standard InChI is InChI=1S/C24H27NO5S/c1-3-29-22(14-15-26)23(20-12-13-21(27)19-7-5-4-6-18(19)20)30-24(28)25-16-8-10-17(31-2)11-9-16/h4-13,22-23,26-27H,3,14-15H2,1-2H3,(H,25,28)/t22-,23-/m1/s1. The molecule has 3 aromatic carbocycles. The molecule has 31 heavy (non-hydrogen) atoms. The molecule has 0 fully saturated rings. The van der Waals surface area contributed by atoms with E-state index in [1.54, 1.807) is 30.0 Å². The zero-order valence-electron chi connectivity index (χ0n) is 17.6. The molecule has 0 aliphatic carbocycles. The maximum atomic E-state index is 12.8. The molecule has 3 rings (SSSR count). The lowest BCUT2D eigenvalue weighted by Gasteiger charge is -2.28. The zero-order valence-corrected chi connectivity index (χ0v) is 18.4. The van der Waals surface area contributed by atoms with Crippen molar-refractivity contribution < 1.29 is 24.5 Å². The van der Waals surface area contributed by atoms with E-state index < -0.39 is 18.3 Å². The van der Waals surface area contributed by atoms with Crippen LogP contribution in [0.4, 0.5) is 10.5 Å². The predicted octanol–water partition coefficient (Wildman–Crippen LogP) is 5.34. The van der Waals surface area contributed by atoms with Crippen molar-refractivity contribution in [3.05, 3.63) is 66.2 Å². The Bertz CT molecular complexity index is 1000. The van der Waals surface area contributed by atoms with Gasteiger partial charge in [0, 0.05) is 41.2 Å². The summed E-state index contributed by atoms with van der Waals surface area (Å²) in [5, 5.41) is 24.0. The maximum Gasteiger partial charge on any atom is 0.412 e. The first-order valence-corrected chi connectivity index (χ1v) is 11.3. The van der Waals surface area contributed by atoms with Crippen LogP contribution in [0.3, 0.4) is 0 Å². The molecule has 0 aromatic heterocycles. The monoisotopic (exact) mass is 441 g/mol. The van der Waals surface area contributed by atoms with Crippen LogP contribution in [-0.4, -0.2) is 41.9 Å². The van der Waals surface area contributed by atoms with E-state index in [2.05, 4.69) is 5.32 Å². The number of phenols is 1. The number of benzene rings is 3. The molecular weight excluding hydrogens is 414 g/mol. The first-order valence-electron chi connectivity index (χ1n) is 10.1. The highest BCUT2D eigenvalue weighted by Gasteiger charge is 2.29. The number of thioether (sulfide) groups is 1. The lowest BCUT2D eigenvalue weighted by molar-refractivity contribution is -0.0478. The van der Waals surface area contributed by atoms with Gasteiger partial charge in [-0.2, -0.15) is 0 Å². The molecule has 6 nitrogen and oxygen atoms in total.